The smallest absolute Gasteiger partial charge is 0.254 e. The van der Waals surface area contributed by atoms with Gasteiger partial charge < -0.3 is 4.98 Å². The number of aryl methyl sites for hydroxylation is 2. The molecule has 2 aromatic heterocycles. The second kappa shape index (κ2) is 5.58. The molecule has 0 fully saturated rings. The summed E-state index contributed by atoms with van der Waals surface area (Å²) < 4.78 is 0. The lowest BCUT2D eigenvalue weighted by Gasteiger charge is -2.06. The molecule has 0 aliphatic carbocycles. The number of nitrogens with zero attached hydrogens (tertiary/aromatic N) is 2. The van der Waals surface area contributed by atoms with Gasteiger partial charge in [-0.1, -0.05) is 6.92 Å². The molecule has 2 rings (SSSR count). The van der Waals surface area contributed by atoms with Crippen molar-refractivity contribution in [1.82, 2.24) is 15.0 Å². The van der Waals surface area contributed by atoms with Crippen LogP contribution in [0.2, 0.25) is 0 Å². The number of aromatic amines is 1. The number of rotatable bonds is 4. The minimum Gasteiger partial charge on any atom is -0.310 e. The van der Waals surface area contributed by atoms with Gasteiger partial charge in [0, 0.05) is 36.5 Å². The molecule has 4 nitrogen and oxygen atoms in total. The molecule has 0 unspecified atom stereocenters. The summed E-state index contributed by atoms with van der Waals surface area (Å²) in [6, 6.07) is 3.83. The predicted molar refractivity (Wildman–Crippen MR) is 70.6 cm³/mol. The second-order valence-electron chi connectivity index (χ2n) is 4.36. The SMILES string of the molecule is CCCc1nc(C)c(Cc2ccncc2)c(=O)[nH]1. The minimum atomic E-state index is -0.0252. The number of H-pyrrole nitrogens is 1. The Morgan fingerprint density at radius 2 is 2.00 bits per heavy atom. The Balaban J connectivity index is 2.32. The van der Waals surface area contributed by atoms with Crippen LogP contribution in [0.15, 0.2) is 29.3 Å². The molecule has 18 heavy (non-hydrogen) atoms. The van der Waals surface area contributed by atoms with Crippen LogP contribution in [-0.2, 0) is 12.8 Å². The number of nitrogens with one attached hydrogen (secondary N) is 1. The zero-order valence-corrected chi connectivity index (χ0v) is 10.7. The first-order chi connectivity index (χ1) is 8.70. The Morgan fingerprint density at radius 3 is 2.61 bits per heavy atom. The van der Waals surface area contributed by atoms with Crippen LogP contribution in [0.5, 0.6) is 0 Å². The van der Waals surface area contributed by atoms with E-state index in [0.717, 1.165) is 35.5 Å². The van der Waals surface area contributed by atoms with Gasteiger partial charge in [-0.25, -0.2) is 4.98 Å². The Bertz CT molecular complexity index is 575. The van der Waals surface area contributed by atoms with Crippen molar-refractivity contribution >= 4 is 0 Å². The molecule has 0 atom stereocenters. The van der Waals surface area contributed by atoms with E-state index in [-0.39, 0.29) is 5.56 Å². The molecule has 94 valence electrons. The monoisotopic (exact) mass is 243 g/mol. The molecule has 2 aromatic rings. The molecular formula is C14H17N3O. The predicted octanol–water partition coefficient (Wildman–Crippen LogP) is 2.02. The highest BCUT2D eigenvalue weighted by atomic mass is 16.1. The molecule has 0 amide bonds. The maximum Gasteiger partial charge on any atom is 0.254 e. The largest absolute Gasteiger partial charge is 0.310 e. The first kappa shape index (κ1) is 12.5. The lowest BCUT2D eigenvalue weighted by atomic mass is 10.1. The fraction of sp³-hybridized carbons (Fsp3) is 0.357. The number of aromatic nitrogens is 3. The lowest BCUT2D eigenvalue weighted by Crippen LogP contribution is -2.19. The minimum absolute atomic E-state index is 0.0252. The van der Waals surface area contributed by atoms with E-state index in [4.69, 9.17) is 0 Å². The van der Waals surface area contributed by atoms with E-state index in [0.29, 0.717) is 6.42 Å². The average molecular weight is 243 g/mol. The number of pyridine rings is 1. The van der Waals surface area contributed by atoms with Crippen molar-refractivity contribution < 1.29 is 0 Å². The van der Waals surface area contributed by atoms with Crippen LogP contribution in [0, 0.1) is 6.92 Å². The molecule has 1 N–H and O–H groups in total. The molecule has 0 spiro atoms. The van der Waals surface area contributed by atoms with Gasteiger partial charge in [-0.3, -0.25) is 9.78 Å². The maximum atomic E-state index is 12.0. The van der Waals surface area contributed by atoms with Crippen LogP contribution < -0.4 is 5.56 Å². The summed E-state index contributed by atoms with van der Waals surface area (Å²) in [6.07, 6.45) is 5.86. The Hall–Kier alpha value is -1.97. The van der Waals surface area contributed by atoms with Gasteiger partial charge >= 0.3 is 0 Å². The molecule has 4 heteroatoms. The highest BCUT2D eigenvalue weighted by Gasteiger charge is 2.08. The van der Waals surface area contributed by atoms with Gasteiger partial charge in [-0.15, -0.1) is 0 Å². The van der Waals surface area contributed by atoms with Gasteiger partial charge in [-0.05, 0) is 31.0 Å². The average Bonchev–Trinajstić information content (AvgIpc) is 2.36. The summed E-state index contributed by atoms with van der Waals surface area (Å²) in [5, 5.41) is 0. The fourth-order valence-corrected chi connectivity index (χ4v) is 1.94. The summed E-state index contributed by atoms with van der Waals surface area (Å²) in [4.78, 5) is 23.3. The summed E-state index contributed by atoms with van der Waals surface area (Å²) in [7, 11) is 0. The second-order valence-corrected chi connectivity index (χ2v) is 4.36. The number of hydrogen-bond acceptors (Lipinski definition) is 3. The van der Waals surface area contributed by atoms with Crippen LogP contribution >= 0.6 is 0 Å². The van der Waals surface area contributed by atoms with E-state index < -0.39 is 0 Å². The van der Waals surface area contributed by atoms with Crippen LogP contribution in [0.1, 0.15) is 36.0 Å². The highest BCUT2D eigenvalue weighted by Crippen LogP contribution is 2.08. The van der Waals surface area contributed by atoms with Crippen LogP contribution in [0.4, 0.5) is 0 Å². The van der Waals surface area contributed by atoms with Crippen LogP contribution in [0.25, 0.3) is 0 Å². The van der Waals surface area contributed by atoms with Gasteiger partial charge in [0.1, 0.15) is 5.82 Å². The molecule has 0 saturated carbocycles. The zero-order valence-electron chi connectivity index (χ0n) is 10.7. The summed E-state index contributed by atoms with van der Waals surface area (Å²) in [5.41, 5.74) is 2.60. The third kappa shape index (κ3) is 2.83. The van der Waals surface area contributed by atoms with E-state index in [1.54, 1.807) is 12.4 Å². The third-order valence-corrected chi connectivity index (χ3v) is 2.89. The summed E-state index contributed by atoms with van der Waals surface area (Å²) >= 11 is 0. The molecule has 0 radical (unpaired) electrons. The van der Waals surface area contributed by atoms with Gasteiger partial charge in [-0.2, -0.15) is 0 Å². The molecule has 0 aliphatic rings. The van der Waals surface area contributed by atoms with Gasteiger partial charge in [0.15, 0.2) is 0 Å². The lowest BCUT2D eigenvalue weighted by molar-refractivity contribution is 0.803. The van der Waals surface area contributed by atoms with Crippen molar-refractivity contribution in [1.29, 1.82) is 0 Å². The van der Waals surface area contributed by atoms with E-state index in [9.17, 15) is 4.79 Å². The van der Waals surface area contributed by atoms with Gasteiger partial charge in [0.2, 0.25) is 0 Å². The van der Waals surface area contributed by atoms with Gasteiger partial charge in [0.25, 0.3) is 5.56 Å². The first-order valence-electron chi connectivity index (χ1n) is 6.18. The quantitative estimate of drug-likeness (QED) is 0.893. The van der Waals surface area contributed by atoms with Crippen molar-refractivity contribution in [3.63, 3.8) is 0 Å². The number of hydrogen-bond donors (Lipinski definition) is 1. The molecule has 0 saturated heterocycles. The van der Waals surface area contributed by atoms with Crippen molar-refractivity contribution in [2.75, 3.05) is 0 Å². The summed E-state index contributed by atoms with van der Waals surface area (Å²) in [5.74, 6) is 0.776. The van der Waals surface area contributed by atoms with Crippen LogP contribution in [0.3, 0.4) is 0 Å². The van der Waals surface area contributed by atoms with Crippen molar-refractivity contribution in [3.05, 3.63) is 57.5 Å². The molecular weight excluding hydrogens is 226 g/mol. The van der Waals surface area contributed by atoms with E-state index in [1.165, 1.54) is 0 Å². The Morgan fingerprint density at radius 1 is 1.28 bits per heavy atom. The van der Waals surface area contributed by atoms with Gasteiger partial charge in [0.05, 0.1) is 0 Å². The standard InChI is InChI=1S/C14H17N3O/c1-3-4-13-16-10(2)12(14(18)17-13)9-11-5-7-15-8-6-11/h5-8H,3-4,9H2,1-2H3,(H,16,17,18). The maximum absolute atomic E-state index is 12.0. The van der Waals surface area contributed by atoms with E-state index in [1.807, 2.05) is 19.1 Å². The summed E-state index contributed by atoms with van der Waals surface area (Å²) in [6.45, 7) is 3.96. The van der Waals surface area contributed by atoms with E-state index >= 15 is 0 Å². The van der Waals surface area contributed by atoms with Crippen molar-refractivity contribution in [2.24, 2.45) is 0 Å². The normalized spacial score (nSPS) is 10.6. The van der Waals surface area contributed by atoms with E-state index in [2.05, 4.69) is 21.9 Å². The molecule has 2 heterocycles. The zero-order chi connectivity index (χ0) is 13.0. The van der Waals surface area contributed by atoms with Crippen molar-refractivity contribution in [3.8, 4) is 0 Å². The Kier molecular flexibility index (Phi) is 3.87. The topological polar surface area (TPSA) is 58.6 Å². The Labute approximate surface area is 106 Å². The molecule has 0 aromatic carbocycles. The first-order valence-corrected chi connectivity index (χ1v) is 6.18. The third-order valence-electron chi connectivity index (χ3n) is 2.89. The van der Waals surface area contributed by atoms with Crippen molar-refractivity contribution in [2.45, 2.75) is 33.1 Å². The fourth-order valence-electron chi connectivity index (χ4n) is 1.94. The molecule has 0 bridgehead atoms. The van der Waals surface area contributed by atoms with Crippen LogP contribution in [-0.4, -0.2) is 15.0 Å². The highest BCUT2D eigenvalue weighted by molar-refractivity contribution is 5.25. The molecule has 0 aliphatic heterocycles.